The minimum absolute atomic E-state index is 0.0818. The van der Waals surface area contributed by atoms with Crippen molar-refractivity contribution in [3.05, 3.63) is 23.8 Å². The molecule has 1 aromatic rings. The molecule has 0 bridgehead atoms. The molecule has 0 aliphatic heterocycles. The van der Waals surface area contributed by atoms with Crippen LogP contribution in [0.4, 0.5) is 0 Å². The second-order valence-corrected chi connectivity index (χ2v) is 4.56. The van der Waals surface area contributed by atoms with Gasteiger partial charge in [-0.1, -0.05) is 0 Å². The van der Waals surface area contributed by atoms with Gasteiger partial charge >= 0.3 is 5.97 Å². The molecule has 1 fully saturated rings. The lowest BCUT2D eigenvalue weighted by atomic mass is 10.1. The molecule has 2 N–H and O–H groups in total. The number of hydrogen-bond acceptors (Lipinski definition) is 4. The quantitative estimate of drug-likeness (QED) is 0.825. The molecule has 96 valence electrons. The Morgan fingerprint density at radius 3 is 2.67 bits per heavy atom. The van der Waals surface area contributed by atoms with E-state index in [0.29, 0.717) is 19.3 Å². The molecule has 1 aliphatic rings. The molecule has 1 saturated carbocycles. The van der Waals surface area contributed by atoms with Crippen LogP contribution in [0.2, 0.25) is 0 Å². The van der Waals surface area contributed by atoms with Gasteiger partial charge in [-0.05, 0) is 26.2 Å². The highest BCUT2D eigenvalue weighted by molar-refractivity contribution is 5.92. The normalized spacial score (nSPS) is 22.7. The molecule has 6 nitrogen and oxygen atoms in total. The summed E-state index contributed by atoms with van der Waals surface area (Å²) in [5.41, 5.74) is 1.01. The van der Waals surface area contributed by atoms with E-state index >= 15 is 0 Å². The van der Waals surface area contributed by atoms with E-state index in [1.165, 1.54) is 12.4 Å². The van der Waals surface area contributed by atoms with Crippen LogP contribution in [-0.4, -0.2) is 33.0 Å². The van der Waals surface area contributed by atoms with E-state index in [0.717, 1.165) is 5.69 Å². The van der Waals surface area contributed by atoms with Gasteiger partial charge in [0.15, 0.2) is 0 Å². The largest absolute Gasteiger partial charge is 0.481 e. The van der Waals surface area contributed by atoms with E-state index in [4.69, 9.17) is 5.11 Å². The third-order valence-corrected chi connectivity index (χ3v) is 3.13. The number of carbonyl (C=O) groups is 2. The minimum Gasteiger partial charge on any atom is -0.481 e. The van der Waals surface area contributed by atoms with Crippen LogP contribution in [0.3, 0.4) is 0 Å². The Hall–Kier alpha value is -1.98. The number of nitrogens with one attached hydrogen (secondary N) is 1. The zero-order chi connectivity index (χ0) is 13.1. The lowest BCUT2D eigenvalue weighted by Crippen LogP contribution is -2.34. The first-order valence-electron chi connectivity index (χ1n) is 5.88. The topological polar surface area (TPSA) is 92.2 Å². The molecule has 0 radical (unpaired) electrons. The third kappa shape index (κ3) is 2.82. The standard InChI is InChI=1S/C12H15N3O3/c1-7-5-14-10(6-13-7)11(16)15-9-3-2-8(4-9)12(17)18/h5-6,8-9H,2-4H2,1H3,(H,15,16)(H,17,18)/t8-,9+/m1/s1. The first-order valence-corrected chi connectivity index (χ1v) is 5.88. The van der Waals surface area contributed by atoms with Crippen LogP contribution in [0.25, 0.3) is 0 Å². The van der Waals surface area contributed by atoms with Gasteiger partial charge in [0, 0.05) is 12.2 Å². The number of aryl methyl sites for hydroxylation is 1. The fourth-order valence-electron chi connectivity index (χ4n) is 2.11. The number of aliphatic carboxylic acids is 1. The van der Waals surface area contributed by atoms with Gasteiger partial charge in [-0.2, -0.15) is 0 Å². The van der Waals surface area contributed by atoms with E-state index in [9.17, 15) is 9.59 Å². The second kappa shape index (κ2) is 5.12. The van der Waals surface area contributed by atoms with Crippen LogP contribution in [0.1, 0.15) is 35.4 Å². The lowest BCUT2D eigenvalue weighted by Gasteiger charge is -2.11. The number of rotatable bonds is 3. The second-order valence-electron chi connectivity index (χ2n) is 4.56. The Labute approximate surface area is 104 Å². The fourth-order valence-corrected chi connectivity index (χ4v) is 2.11. The lowest BCUT2D eigenvalue weighted by molar-refractivity contribution is -0.141. The molecular weight excluding hydrogens is 234 g/mol. The first kappa shape index (κ1) is 12.5. The van der Waals surface area contributed by atoms with Crippen molar-refractivity contribution in [3.63, 3.8) is 0 Å². The van der Waals surface area contributed by atoms with Crippen molar-refractivity contribution in [2.45, 2.75) is 32.2 Å². The van der Waals surface area contributed by atoms with Crippen LogP contribution >= 0.6 is 0 Å². The molecule has 0 saturated heterocycles. The van der Waals surface area contributed by atoms with Crippen LogP contribution in [-0.2, 0) is 4.79 Å². The molecule has 18 heavy (non-hydrogen) atoms. The van der Waals surface area contributed by atoms with Gasteiger partial charge in [-0.15, -0.1) is 0 Å². The van der Waals surface area contributed by atoms with Crippen molar-refractivity contribution in [1.82, 2.24) is 15.3 Å². The van der Waals surface area contributed by atoms with Gasteiger partial charge in [0.1, 0.15) is 5.69 Å². The maximum absolute atomic E-state index is 11.8. The Balaban J connectivity index is 1.92. The van der Waals surface area contributed by atoms with Gasteiger partial charge in [-0.25, -0.2) is 4.98 Å². The average molecular weight is 249 g/mol. The van der Waals surface area contributed by atoms with Crippen molar-refractivity contribution in [3.8, 4) is 0 Å². The van der Waals surface area contributed by atoms with E-state index in [1.54, 1.807) is 6.92 Å². The molecule has 1 aromatic heterocycles. The molecule has 1 heterocycles. The summed E-state index contributed by atoms with van der Waals surface area (Å²) in [5, 5.41) is 11.7. The van der Waals surface area contributed by atoms with Crippen molar-refractivity contribution < 1.29 is 14.7 Å². The molecular formula is C12H15N3O3. The van der Waals surface area contributed by atoms with E-state index in [-0.39, 0.29) is 23.6 Å². The highest BCUT2D eigenvalue weighted by atomic mass is 16.4. The number of carboxylic acids is 1. The highest BCUT2D eigenvalue weighted by Gasteiger charge is 2.30. The average Bonchev–Trinajstić information content (AvgIpc) is 2.78. The van der Waals surface area contributed by atoms with Gasteiger partial charge in [0.2, 0.25) is 0 Å². The maximum atomic E-state index is 11.8. The SMILES string of the molecule is Cc1cnc(C(=O)N[C@H]2CC[C@@H](C(=O)O)C2)cn1. The van der Waals surface area contributed by atoms with Crippen LogP contribution in [0, 0.1) is 12.8 Å². The third-order valence-electron chi connectivity index (χ3n) is 3.13. The number of nitrogens with zero attached hydrogens (tertiary/aromatic N) is 2. The number of aromatic nitrogens is 2. The monoisotopic (exact) mass is 249 g/mol. The van der Waals surface area contributed by atoms with Crippen LogP contribution < -0.4 is 5.32 Å². The maximum Gasteiger partial charge on any atom is 0.306 e. The van der Waals surface area contributed by atoms with E-state index < -0.39 is 5.97 Å². The Morgan fingerprint density at radius 1 is 1.33 bits per heavy atom. The number of amides is 1. The van der Waals surface area contributed by atoms with Gasteiger partial charge in [0.25, 0.3) is 5.91 Å². The molecule has 2 rings (SSSR count). The van der Waals surface area contributed by atoms with Crippen molar-refractivity contribution in [1.29, 1.82) is 0 Å². The zero-order valence-corrected chi connectivity index (χ0v) is 10.1. The summed E-state index contributed by atoms with van der Waals surface area (Å²) < 4.78 is 0. The van der Waals surface area contributed by atoms with Crippen molar-refractivity contribution >= 4 is 11.9 Å². The predicted molar refractivity (Wildman–Crippen MR) is 63.0 cm³/mol. The summed E-state index contributed by atoms with van der Waals surface area (Å²) in [6.07, 6.45) is 4.75. The highest BCUT2D eigenvalue weighted by Crippen LogP contribution is 2.25. The Morgan fingerprint density at radius 2 is 2.11 bits per heavy atom. The molecule has 6 heteroatoms. The molecule has 0 aromatic carbocycles. The molecule has 0 unspecified atom stereocenters. The van der Waals surface area contributed by atoms with Crippen LogP contribution in [0.5, 0.6) is 0 Å². The molecule has 0 spiro atoms. The summed E-state index contributed by atoms with van der Waals surface area (Å²) in [6.45, 7) is 1.79. The van der Waals surface area contributed by atoms with Crippen LogP contribution in [0.15, 0.2) is 12.4 Å². The summed E-state index contributed by atoms with van der Waals surface area (Å²) in [7, 11) is 0. The fraction of sp³-hybridized carbons (Fsp3) is 0.500. The first-order chi connectivity index (χ1) is 8.56. The Kier molecular flexibility index (Phi) is 3.55. The summed E-state index contributed by atoms with van der Waals surface area (Å²) in [4.78, 5) is 30.6. The molecule has 1 amide bonds. The van der Waals surface area contributed by atoms with Gasteiger partial charge in [0.05, 0.1) is 17.8 Å². The molecule has 1 aliphatic carbocycles. The van der Waals surface area contributed by atoms with Gasteiger partial charge < -0.3 is 10.4 Å². The summed E-state index contributed by atoms with van der Waals surface area (Å²) in [6, 6.07) is -0.0818. The van der Waals surface area contributed by atoms with Gasteiger partial charge in [-0.3, -0.25) is 14.6 Å². The van der Waals surface area contributed by atoms with Crippen molar-refractivity contribution in [2.75, 3.05) is 0 Å². The Bertz CT molecular complexity index is 458. The van der Waals surface area contributed by atoms with E-state index in [2.05, 4.69) is 15.3 Å². The smallest absolute Gasteiger partial charge is 0.306 e. The van der Waals surface area contributed by atoms with Crippen molar-refractivity contribution in [2.24, 2.45) is 5.92 Å². The number of carboxylic acid groups (broad SMARTS) is 1. The van der Waals surface area contributed by atoms with E-state index in [1.807, 2.05) is 0 Å². The summed E-state index contributed by atoms with van der Waals surface area (Å²) >= 11 is 0. The predicted octanol–water partition coefficient (Wildman–Crippen LogP) is 0.768. The zero-order valence-electron chi connectivity index (χ0n) is 10.1. The summed E-state index contributed by atoms with van der Waals surface area (Å²) in [5.74, 6) is -1.43. The number of carbonyl (C=O) groups excluding carboxylic acids is 1. The minimum atomic E-state index is -0.790. The number of hydrogen-bond donors (Lipinski definition) is 2. The molecule has 2 atom stereocenters.